The van der Waals surface area contributed by atoms with Gasteiger partial charge in [-0.15, -0.1) is 0 Å². The van der Waals surface area contributed by atoms with E-state index in [1.165, 1.54) is 0 Å². The summed E-state index contributed by atoms with van der Waals surface area (Å²) >= 11 is 5.74. The van der Waals surface area contributed by atoms with Crippen molar-refractivity contribution < 1.29 is 5.21 Å². The second kappa shape index (κ2) is 3.64. The fourth-order valence-electron chi connectivity index (χ4n) is 1.33. The molecule has 0 aliphatic rings. The highest BCUT2D eigenvalue weighted by Gasteiger charge is 2.05. The van der Waals surface area contributed by atoms with Gasteiger partial charge in [0.05, 0.1) is 5.52 Å². The second-order valence-corrected chi connectivity index (χ2v) is 3.12. The molecule has 0 radical (unpaired) electrons. The number of benzene rings is 1. The van der Waals surface area contributed by atoms with E-state index in [0.29, 0.717) is 5.56 Å². The van der Waals surface area contributed by atoms with E-state index in [2.05, 4.69) is 10.1 Å². The average molecular weight is 207 g/mol. The van der Waals surface area contributed by atoms with E-state index in [9.17, 15) is 0 Å². The zero-order valence-corrected chi connectivity index (χ0v) is 7.94. The predicted octanol–water partition coefficient (Wildman–Crippen LogP) is 2.61. The number of pyridine rings is 1. The number of para-hydroxylation sites is 1. The molecule has 0 atom stereocenters. The van der Waals surface area contributed by atoms with Crippen molar-refractivity contribution in [2.45, 2.75) is 0 Å². The maximum atomic E-state index is 8.58. The van der Waals surface area contributed by atoms with Crippen molar-refractivity contribution in [3.63, 3.8) is 0 Å². The molecule has 4 heteroatoms. The van der Waals surface area contributed by atoms with Crippen LogP contribution in [0.5, 0.6) is 0 Å². The second-order valence-electron chi connectivity index (χ2n) is 2.77. The summed E-state index contributed by atoms with van der Waals surface area (Å²) in [4.78, 5) is 4.16. The van der Waals surface area contributed by atoms with Gasteiger partial charge in [-0.05, 0) is 12.1 Å². The van der Waals surface area contributed by atoms with Crippen molar-refractivity contribution in [2.75, 3.05) is 0 Å². The fourth-order valence-corrected chi connectivity index (χ4v) is 1.49. The summed E-state index contributed by atoms with van der Waals surface area (Å²) in [6.45, 7) is 0. The van der Waals surface area contributed by atoms with Crippen molar-refractivity contribution in [2.24, 2.45) is 5.16 Å². The molecule has 0 amide bonds. The third kappa shape index (κ3) is 1.42. The molecule has 0 aliphatic carbocycles. The van der Waals surface area contributed by atoms with Crippen LogP contribution in [0.4, 0.5) is 0 Å². The Balaban J connectivity index is 2.77. The number of halogens is 1. The first-order valence-corrected chi connectivity index (χ1v) is 4.42. The molecule has 3 nitrogen and oxygen atoms in total. The first-order chi connectivity index (χ1) is 6.83. The summed E-state index contributed by atoms with van der Waals surface area (Å²) in [7, 11) is 0. The molecule has 0 bridgehead atoms. The van der Waals surface area contributed by atoms with Crippen LogP contribution in [0, 0.1) is 0 Å². The van der Waals surface area contributed by atoms with Gasteiger partial charge < -0.3 is 5.21 Å². The van der Waals surface area contributed by atoms with Crippen LogP contribution in [0.3, 0.4) is 0 Å². The Hall–Kier alpha value is -1.61. The normalized spacial score (nSPS) is 11.9. The zero-order valence-electron chi connectivity index (χ0n) is 7.18. The number of rotatable bonds is 1. The maximum Gasteiger partial charge on any atom is 0.176 e. The van der Waals surface area contributed by atoms with Gasteiger partial charge in [0.15, 0.2) is 5.17 Å². The van der Waals surface area contributed by atoms with Crippen LogP contribution < -0.4 is 0 Å². The lowest BCUT2D eigenvalue weighted by molar-refractivity contribution is 0.321. The Kier molecular flexibility index (Phi) is 2.33. The summed E-state index contributed by atoms with van der Waals surface area (Å²) in [5.41, 5.74) is 1.51. The Morgan fingerprint density at radius 2 is 2.07 bits per heavy atom. The Labute approximate surface area is 85.6 Å². The minimum Gasteiger partial charge on any atom is -0.410 e. The predicted molar refractivity (Wildman–Crippen MR) is 55.9 cm³/mol. The van der Waals surface area contributed by atoms with Crippen LogP contribution in [0.2, 0.25) is 0 Å². The van der Waals surface area contributed by atoms with Gasteiger partial charge in [-0.2, -0.15) is 0 Å². The van der Waals surface area contributed by atoms with E-state index >= 15 is 0 Å². The third-order valence-electron chi connectivity index (χ3n) is 1.96. The lowest BCUT2D eigenvalue weighted by Gasteiger charge is -2.01. The molecule has 2 rings (SSSR count). The van der Waals surface area contributed by atoms with Crippen LogP contribution in [0.15, 0.2) is 41.7 Å². The van der Waals surface area contributed by atoms with Crippen LogP contribution in [0.1, 0.15) is 5.56 Å². The zero-order chi connectivity index (χ0) is 9.97. The molecule has 14 heavy (non-hydrogen) atoms. The molecule has 0 saturated carbocycles. The molecule has 0 fully saturated rings. The average Bonchev–Trinajstić information content (AvgIpc) is 2.27. The lowest BCUT2D eigenvalue weighted by atomic mass is 10.1. The summed E-state index contributed by atoms with van der Waals surface area (Å²) in [5, 5.41) is 12.5. The summed E-state index contributed by atoms with van der Waals surface area (Å²) in [6, 6.07) is 9.24. The highest BCUT2D eigenvalue weighted by atomic mass is 35.5. The van der Waals surface area contributed by atoms with Crippen LogP contribution in [-0.4, -0.2) is 15.4 Å². The van der Waals surface area contributed by atoms with E-state index in [1.54, 1.807) is 12.3 Å². The molecule has 1 heterocycles. The van der Waals surface area contributed by atoms with Crippen molar-refractivity contribution in [3.8, 4) is 0 Å². The highest BCUT2D eigenvalue weighted by Crippen LogP contribution is 2.18. The molecule has 2 aromatic rings. The van der Waals surface area contributed by atoms with Crippen molar-refractivity contribution in [1.82, 2.24) is 4.98 Å². The summed E-state index contributed by atoms with van der Waals surface area (Å²) in [6.07, 6.45) is 1.63. The summed E-state index contributed by atoms with van der Waals surface area (Å²) < 4.78 is 0. The van der Waals surface area contributed by atoms with Crippen molar-refractivity contribution in [1.29, 1.82) is 0 Å². The standard InChI is InChI=1S/C10H7ClN2O/c11-10(13-14)8-5-6-12-9-4-2-1-3-7(8)9/h1-6,14H. The Bertz CT molecular complexity index is 491. The van der Waals surface area contributed by atoms with Crippen molar-refractivity contribution >= 4 is 27.7 Å². The van der Waals surface area contributed by atoms with E-state index in [0.717, 1.165) is 10.9 Å². The van der Waals surface area contributed by atoms with Gasteiger partial charge in [0.2, 0.25) is 0 Å². The first-order valence-electron chi connectivity index (χ1n) is 4.04. The van der Waals surface area contributed by atoms with Gasteiger partial charge in [0, 0.05) is 17.1 Å². The third-order valence-corrected chi connectivity index (χ3v) is 2.24. The summed E-state index contributed by atoms with van der Waals surface area (Å²) in [5.74, 6) is 0. The maximum absolute atomic E-state index is 8.58. The monoisotopic (exact) mass is 206 g/mol. The molecule has 0 spiro atoms. The number of fused-ring (bicyclic) bond motifs is 1. The number of hydrogen-bond acceptors (Lipinski definition) is 3. The minimum atomic E-state index is 0.0728. The van der Waals surface area contributed by atoms with Crippen molar-refractivity contribution in [3.05, 3.63) is 42.1 Å². The molecule has 1 aromatic heterocycles. The van der Waals surface area contributed by atoms with Crippen LogP contribution >= 0.6 is 11.6 Å². The molecule has 0 unspecified atom stereocenters. The van der Waals surface area contributed by atoms with E-state index in [-0.39, 0.29) is 5.17 Å². The molecular formula is C10H7ClN2O. The van der Waals surface area contributed by atoms with Gasteiger partial charge in [-0.1, -0.05) is 35.0 Å². The van der Waals surface area contributed by atoms with Gasteiger partial charge in [-0.3, -0.25) is 4.98 Å². The smallest absolute Gasteiger partial charge is 0.176 e. The molecule has 70 valence electrons. The molecule has 1 N–H and O–H groups in total. The highest BCUT2D eigenvalue weighted by molar-refractivity contribution is 6.70. The Morgan fingerprint density at radius 3 is 2.86 bits per heavy atom. The topological polar surface area (TPSA) is 45.5 Å². The van der Waals surface area contributed by atoms with Gasteiger partial charge in [-0.25, -0.2) is 0 Å². The molecule has 0 aliphatic heterocycles. The van der Waals surface area contributed by atoms with Crippen LogP contribution in [0.25, 0.3) is 10.9 Å². The first kappa shape index (κ1) is 8.97. The number of hydrogen-bond donors (Lipinski definition) is 1. The fraction of sp³-hybridized carbons (Fsp3) is 0. The van der Waals surface area contributed by atoms with Crippen LogP contribution in [-0.2, 0) is 0 Å². The number of aromatic nitrogens is 1. The van der Waals surface area contributed by atoms with E-state index in [1.807, 2.05) is 24.3 Å². The number of nitrogens with zero attached hydrogens (tertiary/aromatic N) is 2. The van der Waals surface area contributed by atoms with Gasteiger partial charge in [0.25, 0.3) is 0 Å². The molecule has 1 aromatic carbocycles. The van der Waals surface area contributed by atoms with Gasteiger partial charge in [0.1, 0.15) is 0 Å². The number of oxime groups is 1. The quantitative estimate of drug-likeness (QED) is 0.443. The van der Waals surface area contributed by atoms with E-state index in [4.69, 9.17) is 16.8 Å². The minimum absolute atomic E-state index is 0.0728. The van der Waals surface area contributed by atoms with E-state index < -0.39 is 0 Å². The lowest BCUT2D eigenvalue weighted by Crippen LogP contribution is -1.93. The molecule has 0 saturated heterocycles. The molecular weight excluding hydrogens is 200 g/mol. The van der Waals surface area contributed by atoms with Gasteiger partial charge >= 0.3 is 0 Å². The SMILES string of the molecule is ON=C(Cl)c1ccnc2ccccc12. The Morgan fingerprint density at radius 1 is 1.29 bits per heavy atom. The largest absolute Gasteiger partial charge is 0.410 e.